The van der Waals surface area contributed by atoms with E-state index in [9.17, 15) is 5.11 Å². The Morgan fingerprint density at radius 2 is 2.44 bits per heavy atom. The second-order valence-corrected chi connectivity index (χ2v) is 6.41. The summed E-state index contributed by atoms with van der Waals surface area (Å²) in [7, 11) is 0. The molecule has 3 N–H and O–H groups in total. The zero-order chi connectivity index (χ0) is 11.2. The second-order valence-electron chi connectivity index (χ2n) is 5.44. The molecule has 2 saturated carbocycles. The fraction of sp³-hybridized carbons (Fsp3) is 0.692. The summed E-state index contributed by atoms with van der Waals surface area (Å²) in [6, 6.07) is 4.05. The summed E-state index contributed by atoms with van der Waals surface area (Å²) < 4.78 is 0. The van der Waals surface area contributed by atoms with E-state index in [4.69, 9.17) is 5.73 Å². The maximum atomic E-state index is 10.6. The molecule has 2 aliphatic rings. The molecule has 1 aromatic rings. The van der Waals surface area contributed by atoms with Crippen LogP contribution in [0.25, 0.3) is 0 Å². The van der Waals surface area contributed by atoms with Gasteiger partial charge in [0.2, 0.25) is 0 Å². The molecule has 4 atom stereocenters. The normalized spacial score (nSPS) is 39.1. The Morgan fingerprint density at radius 1 is 1.56 bits per heavy atom. The smallest absolute Gasteiger partial charge is 0.0952 e. The van der Waals surface area contributed by atoms with E-state index in [0.29, 0.717) is 12.5 Å². The van der Waals surface area contributed by atoms with Gasteiger partial charge in [0.1, 0.15) is 0 Å². The number of aliphatic hydroxyl groups excluding tert-OH is 1. The lowest BCUT2D eigenvalue weighted by Gasteiger charge is -2.40. The van der Waals surface area contributed by atoms with E-state index < -0.39 is 0 Å². The van der Waals surface area contributed by atoms with E-state index in [0.717, 1.165) is 17.2 Å². The molecule has 0 saturated heterocycles. The van der Waals surface area contributed by atoms with E-state index in [1.165, 1.54) is 19.3 Å². The van der Waals surface area contributed by atoms with Gasteiger partial charge in [-0.05, 0) is 42.5 Å². The van der Waals surface area contributed by atoms with Crippen molar-refractivity contribution in [1.29, 1.82) is 0 Å². The van der Waals surface area contributed by atoms with Gasteiger partial charge in [-0.15, -0.1) is 11.3 Å². The molecule has 2 nitrogen and oxygen atoms in total. The average Bonchev–Trinajstić information content (AvgIpc) is 3.03. The Labute approximate surface area is 100 Å². The van der Waals surface area contributed by atoms with Crippen LogP contribution in [-0.2, 0) is 0 Å². The first-order valence-corrected chi connectivity index (χ1v) is 7.06. The highest BCUT2D eigenvalue weighted by Crippen LogP contribution is 2.60. The van der Waals surface area contributed by atoms with Crippen LogP contribution in [0.2, 0.25) is 0 Å². The van der Waals surface area contributed by atoms with Crippen LogP contribution in [0.1, 0.15) is 36.7 Å². The predicted octanol–water partition coefficient (Wildman–Crippen LogP) is 2.55. The van der Waals surface area contributed by atoms with E-state index in [2.05, 4.69) is 0 Å². The van der Waals surface area contributed by atoms with Gasteiger partial charge in [-0.3, -0.25) is 0 Å². The first-order chi connectivity index (χ1) is 7.76. The van der Waals surface area contributed by atoms with Gasteiger partial charge in [0.25, 0.3) is 0 Å². The molecule has 0 amide bonds. The van der Waals surface area contributed by atoms with Crippen LogP contribution in [0, 0.1) is 17.3 Å². The Bertz CT molecular complexity index is 364. The van der Waals surface area contributed by atoms with Crippen LogP contribution in [0.5, 0.6) is 0 Å². The number of hydrogen-bond acceptors (Lipinski definition) is 3. The minimum absolute atomic E-state index is 0.0201. The topological polar surface area (TPSA) is 46.2 Å². The molecule has 0 radical (unpaired) electrons. The van der Waals surface area contributed by atoms with E-state index in [1.54, 1.807) is 11.3 Å². The van der Waals surface area contributed by atoms with Crippen LogP contribution >= 0.6 is 11.3 Å². The number of hydrogen-bond donors (Lipinski definition) is 2. The molecule has 16 heavy (non-hydrogen) atoms. The molecular weight excluding hydrogens is 218 g/mol. The lowest BCUT2D eigenvalue weighted by Crippen LogP contribution is -2.41. The summed E-state index contributed by atoms with van der Waals surface area (Å²) in [6.07, 6.45) is 4.70. The van der Waals surface area contributed by atoms with Gasteiger partial charge in [-0.2, -0.15) is 0 Å². The molecule has 0 spiro atoms. The zero-order valence-electron chi connectivity index (χ0n) is 9.43. The molecule has 2 fully saturated rings. The van der Waals surface area contributed by atoms with Crippen molar-refractivity contribution in [1.82, 2.24) is 0 Å². The lowest BCUT2D eigenvalue weighted by molar-refractivity contribution is -0.0107. The van der Waals surface area contributed by atoms with Gasteiger partial charge in [0, 0.05) is 16.8 Å². The molecule has 1 aromatic heterocycles. The Hall–Kier alpha value is -0.380. The van der Waals surface area contributed by atoms with Crippen LogP contribution < -0.4 is 5.73 Å². The minimum atomic E-state index is -0.340. The number of thiophene rings is 1. The average molecular weight is 237 g/mol. The molecule has 0 aliphatic heterocycles. The molecule has 1 heterocycles. The molecule has 0 aromatic carbocycles. The Kier molecular flexibility index (Phi) is 2.57. The van der Waals surface area contributed by atoms with Gasteiger partial charge < -0.3 is 10.8 Å². The third-order valence-electron chi connectivity index (χ3n) is 4.76. The summed E-state index contributed by atoms with van der Waals surface area (Å²) in [5.41, 5.74) is 5.99. The highest BCUT2D eigenvalue weighted by atomic mass is 32.1. The fourth-order valence-electron chi connectivity index (χ4n) is 3.91. The largest absolute Gasteiger partial charge is 0.387 e. The minimum Gasteiger partial charge on any atom is -0.387 e. The van der Waals surface area contributed by atoms with Gasteiger partial charge >= 0.3 is 0 Å². The van der Waals surface area contributed by atoms with Crippen molar-refractivity contribution in [2.75, 3.05) is 6.54 Å². The van der Waals surface area contributed by atoms with Crippen molar-refractivity contribution in [2.24, 2.45) is 23.0 Å². The van der Waals surface area contributed by atoms with Crippen molar-refractivity contribution >= 4 is 11.3 Å². The quantitative estimate of drug-likeness (QED) is 0.848. The highest BCUT2D eigenvalue weighted by molar-refractivity contribution is 7.10. The maximum absolute atomic E-state index is 10.6. The predicted molar refractivity (Wildman–Crippen MR) is 66.2 cm³/mol. The molecule has 4 unspecified atom stereocenters. The van der Waals surface area contributed by atoms with Crippen LogP contribution in [0.4, 0.5) is 0 Å². The van der Waals surface area contributed by atoms with Crippen molar-refractivity contribution < 1.29 is 5.11 Å². The van der Waals surface area contributed by atoms with Crippen LogP contribution in [0.3, 0.4) is 0 Å². The molecule has 2 aliphatic carbocycles. The van der Waals surface area contributed by atoms with Crippen molar-refractivity contribution in [3.05, 3.63) is 22.4 Å². The van der Waals surface area contributed by atoms with E-state index >= 15 is 0 Å². The Morgan fingerprint density at radius 3 is 2.94 bits per heavy atom. The summed E-state index contributed by atoms with van der Waals surface area (Å²) in [5.74, 6) is 1.47. The lowest BCUT2D eigenvalue weighted by atomic mass is 9.69. The number of rotatable bonds is 3. The molecule has 3 rings (SSSR count). The third-order valence-corrected chi connectivity index (χ3v) is 5.69. The summed E-state index contributed by atoms with van der Waals surface area (Å²) in [4.78, 5) is 1.10. The van der Waals surface area contributed by atoms with Crippen molar-refractivity contribution in [3.63, 3.8) is 0 Å². The highest BCUT2D eigenvalue weighted by Gasteiger charge is 2.54. The summed E-state index contributed by atoms with van der Waals surface area (Å²) in [6.45, 7) is 0.632. The van der Waals surface area contributed by atoms with Crippen molar-refractivity contribution in [2.45, 2.75) is 31.8 Å². The summed E-state index contributed by atoms with van der Waals surface area (Å²) >= 11 is 1.65. The molecule has 2 bridgehead atoms. The van der Waals surface area contributed by atoms with Gasteiger partial charge in [-0.1, -0.05) is 12.5 Å². The monoisotopic (exact) mass is 237 g/mol. The van der Waals surface area contributed by atoms with E-state index in [1.807, 2.05) is 17.5 Å². The second kappa shape index (κ2) is 3.83. The first kappa shape index (κ1) is 10.8. The SMILES string of the molecule is NCC1(C(O)c2cccs2)CC2CCC1C2. The number of nitrogens with two attached hydrogens (primary N) is 1. The zero-order valence-corrected chi connectivity index (χ0v) is 10.2. The standard InChI is InChI=1S/C13H19NOS/c14-8-13(7-9-3-4-10(13)6-9)12(15)11-2-1-5-16-11/h1-2,5,9-10,12,15H,3-4,6-8,14H2. The number of fused-ring (bicyclic) bond motifs is 2. The van der Waals surface area contributed by atoms with Crippen molar-refractivity contribution in [3.8, 4) is 0 Å². The van der Waals surface area contributed by atoms with E-state index in [-0.39, 0.29) is 11.5 Å². The molecular formula is C13H19NOS. The maximum Gasteiger partial charge on any atom is 0.0952 e. The molecule has 88 valence electrons. The Balaban J connectivity index is 1.91. The first-order valence-electron chi connectivity index (χ1n) is 6.18. The van der Waals surface area contributed by atoms with Gasteiger partial charge in [0.15, 0.2) is 0 Å². The van der Waals surface area contributed by atoms with Gasteiger partial charge in [0.05, 0.1) is 6.10 Å². The third kappa shape index (κ3) is 1.38. The molecule has 3 heteroatoms. The van der Waals surface area contributed by atoms with Crippen LogP contribution in [-0.4, -0.2) is 11.7 Å². The summed E-state index contributed by atoms with van der Waals surface area (Å²) in [5, 5.41) is 12.6. The number of aliphatic hydroxyl groups is 1. The van der Waals surface area contributed by atoms with Gasteiger partial charge in [-0.25, -0.2) is 0 Å². The van der Waals surface area contributed by atoms with Crippen LogP contribution in [0.15, 0.2) is 17.5 Å². The fourth-order valence-corrected chi connectivity index (χ4v) is 4.75.